The topological polar surface area (TPSA) is 61.4 Å². The van der Waals surface area contributed by atoms with Crippen LogP contribution in [0.1, 0.15) is 39.1 Å². The first-order valence-electron chi connectivity index (χ1n) is 9.49. The van der Waals surface area contributed by atoms with Crippen molar-refractivity contribution in [2.75, 3.05) is 32.0 Å². The first kappa shape index (κ1) is 19.1. The zero-order valence-corrected chi connectivity index (χ0v) is 16.0. The second-order valence-corrected chi connectivity index (χ2v) is 7.17. The lowest BCUT2D eigenvalue weighted by molar-refractivity contribution is 0.0674. The van der Waals surface area contributed by atoms with Crippen molar-refractivity contribution in [2.45, 2.75) is 19.8 Å². The van der Waals surface area contributed by atoms with Gasteiger partial charge in [-0.25, -0.2) is 0 Å². The normalized spacial score (nSPS) is 16.8. The van der Waals surface area contributed by atoms with Crippen molar-refractivity contribution in [1.82, 2.24) is 10.2 Å². The molecule has 1 saturated heterocycles. The third-order valence-electron chi connectivity index (χ3n) is 5.07. The summed E-state index contributed by atoms with van der Waals surface area (Å²) < 4.78 is 0. The van der Waals surface area contributed by atoms with E-state index < -0.39 is 0 Å². The van der Waals surface area contributed by atoms with E-state index in [0.29, 0.717) is 22.7 Å². The molecule has 3 rings (SSSR count). The minimum absolute atomic E-state index is 0.0333. The second-order valence-electron chi connectivity index (χ2n) is 7.17. The van der Waals surface area contributed by atoms with Gasteiger partial charge in [0.15, 0.2) is 0 Å². The second kappa shape index (κ2) is 8.82. The van der Waals surface area contributed by atoms with Gasteiger partial charge in [-0.2, -0.15) is 0 Å². The number of nitrogens with zero attached hydrogens (tertiary/aromatic N) is 1. The molecule has 2 aromatic rings. The maximum atomic E-state index is 13.0. The summed E-state index contributed by atoms with van der Waals surface area (Å²) in [6.07, 6.45) is 2.18. The van der Waals surface area contributed by atoms with Crippen molar-refractivity contribution < 1.29 is 9.59 Å². The lowest BCUT2D eigenvalue weighted by atomic mass is 9.97. The van der Waals surface area contributed by atoms with Crippen LogP contribution in [0.25, 0.3) is 0 Å². The number of piperidine rings is 1. The molecular formula is C22H27N3O2. The SMILES string of the molecule is CNCC1CCCN(C(=O)c2ccc(C)c(NC(=O)c3ccccc3)c2)C1. The first-order chi connectivity index (χ1) is 13.1. The number of hydrogen-bond acceptors (Lipinski definition) is 3. The molecule has 0 radical (unpaired) electrons. The van der Waals surface area contributed by atoms with E-state index in [1.54, 1.807) is 18.2 Å². The van der Waals surface area contributed by atoms with E-state index >= 15 is 0 Å². The van der Waals surface area contributed by atoms with Crippen molar-refractivity contribution in [2.24, 2.45) is 5.92 Å². The molecule has 5 nitrogen and oxygen atoms in total. The molecule has 1 atom stereocenters. The van der Waals surface area contributed by atoms with Crippen LogP contribution < -0.4 is 10.6 Å². The van der Waals surface area contributed by atoms with E-state index in [9.17, 15) is 9.59 Å². The van der Waals surface area contributed by atoms with E-state index in [1.807, 2.05) is 49.2 Å². The van der Waals surface area contributed by atoms with Gasteiger partial charge in [0.05, 0.1) is 0 Å². The number of likely N-dealkylation sites (tertiary alicyclic amines) is 1. The molecule has 1 unspecified atom stereocenters. The quantitative estimate of drug-likeness (QED) is 0.854. The predicted molar refractivity (Wildman–Crippen MR) is 108 cm³/mol. The van der Waals surface area contributed by atoms with Gasteiger partial charge in [0.25, 0.3) is 11.8 Å². The molecule has 0 aromatic heterocycles. The van der Waals surface area contributed by atoms with Gasteiger partial charge in [-0.1, -0.05) is 24.3 Å². The number of benzene rings is 2. The molecule has 27 heavy (non-hydrogen) atoms. The molecule has 1 heterocycles. The fraction of sp³-hybridized carbons (Fsp3) is 0.364. The first-order valence-corrected chi connectivity index (χ1v) is 9.49. The van der Waals surface area contributed by atoms with Crippen molar-refractivity contribution in [1.29, 1.82) is 0 Å². The van der Waals surface area contributed by atoms with Crippen LogP contribution in [-0.2, 0) is 0 Å². The Kier molecular flexibility index (Phi) is 6.24. The van der Waals surface area contributed by atoms with Crippen LogP contribution in [0.2, 0.25) is 0 Å². The number of rotatable bonds is 5. The lowest BCUT2D eigenvalue weighted by Gasteiger charge is -2.33. The van der Waals surface area contributed by atoms with Gasteiger partial charge in [0.1, 0.15) is 0 Å². The Morgan fingerprint density at radius 1 is 1.11 bits per heavy atom. The number of anilines is 1. The van der Waals surface area contributed by atoms with Crippen molar-refractivity contribution >= 4 is 17.5 Å². The van der Waals surface area contributed by atoms with Gasteiger partial charge >= 0.3 is 0 Å². The van der Waals surface area contributed by atoms with Gasteiger partial charge in [-0.05, 0) is 69.1 Å². The average Bonchev–Trinajstić information content (AvgIpc) is 2.70. The highest BCUT2D eigenvalue weighted by molar-refractivity contribution is 6.05. The molecule has 1 aliphatic heterocycles. The summed E-state index contributed by atoms with van der Waals surface area (Å²) in [6.45, 7) is 4.42. The van der Waals surface area contributed by atoms with E-state index in [1.165, 1.54) is 0 Å². The highest BCUT2D eigenvalue weighted by Crippen LogP contribution is 2.22. The minimum Gasteiger partial charge on any atom is -0.338 e. The molecule has 142 valence electrons. The van der Waals surface area contributed by atoms with E-state index in [4.69, 9.17) is 0 Å². The molecular weight excluding hydrogens is 338 g/mol. The Hall–Kier alpha value is -2.66. The summed E-state index contributed by atoms with van der Waals surface area (Å²) in [4.78, 5) is 27.3. The number of carbonyl (C=O) groups excluding carboxylic acids is 2. The van der Waals surface area contributed by atoms with E-state index in [0.717, 1.165) is 38.0 Å². The molecule has 0 bridgehead atoms. The van der Waals surface area contributed by atoms with Crippen LogP contribution in [0.3, 0.4) is 0 Å². The monoisotopic (exact) mass is 365 g/mol. The van der Waals surface area contributed by atoms with E-state index in [2.05, 4.69) is 10.6 Å². The Bertz CT molecular complexity index is 802. The zero-order chi connectivity index (χ0) is 19.2. The Labute approximate surface area is 160 Å². The fourth-order valence-corrected chi connectivity index (χ4v) is 3.56. The van der Waals surface area contributed by atoms with Crippen molar-refractivity contribution in [3.63, 3.8) is 0 Å². The summed E-state index contributed by atoms with van der Waals surface area (Å²) in [7, 11) is 1.95. The molecule has 1 fully saturated rings. The highest BCUT2D eigenvalue weighted by Gasteiger charge is 2.24. The maximum Gasteiger partial charge on any atom is 0.255 e. The fourth-order valence-electron chi connectivity index (χ4n) is 3.56. The summed E-state index contributed by atoms with van der Waals surface area (Å²) in [5, 5.41) is 6.14. The summed E-state index contributed by atoms with van der Waals surface area (Å²) in [5.41, 5.74) is 2.83. The Balaban J connectivity index is 1.74. The summed E-state index contributed by atoms with van der Waals surface area (Å²) in [6, 6.07) is 14.6. The number of hydrogen-bond donors (Lipinski definition) is 2. The lowest BCUT2D eigenvalue weighted by Crippen LogP contribution is -2.42. The average molecular weight is 365 g/mol. The number of carbonyl (C=O) groups is 2. The third kappa shape index (κ3) is 4.74. The highest BCUT2D eigenvalue weighted by atomic mass is 16.2. The molecule has 1 aliphatic rings. The zero-order valence-electron chi connectivity index (χ0n) is 16.0. The van der Waals surface area contributed by atoms with Gasteiger partial charge in [-0.3, -0.25) is 9.59 Å². The van der Waals surface area contributed by atoms with Gasteiger partial charge in [0, 0.05) is 29.9 Å². The van der Waals surface area contributed by atoms with Gasteiger partial charge in [-0.15, -0.1) is 0 Å². The van der Waals surface area contributed by atoms with E-state index in [-0.39, 0.29) is 11.8 Å². The molecule has 5 heteroatoms. The summed E-state index contributed by atoms with van der Waals surface area (Å²) in [5.74, 6) is 0.358. The number of aryl methyl sites for hydroxylation is 1. The number of nitrogens with one attached hydrogen (secondary N) is 2. The molecule has 2 aromatic carbocycles. The minimum atomic E-state index is -0.171. The van der Waals surface area contributed by atoms with Crippen LogP contribution in [-0.4, -0.2) is 43.4 Å². The Morgan fingerprint density at radius 2 is 1.89 bits per heavy atom. The van der Waals surface area contributed by atoms with Crippen LogP contribution in [0.5, 0.6) is 0 Å². The van der Waals surface area contributed by atoms with Crippen molar-refractivity contribution in [3.05, 3.63) is 65.2 Å². The molecule has 0 spiro atoms. The number of amides is 2. The van der Waals surface area contributed by atoms with Crippen LogP contribution in [0, 0.1) is 12.8 Å². The molecule has 2 N–H and O–H groups in total. The molecule has 0 aliphatic carbocycles. The van der Waals surface area contributed by atoms with Crippen LogP contribution in [0.4, 0.5) is 5.69 Å². The summed E-state index contributed by atoms with van der Waals surface area (Å²) >= 11 is 0. The predicted octanol–water partition coefficient (Wildman–Crippen LogP) is 3.32. The van der Waals surface area contributed by atoms with Gasteiger partial charge < -0.3 is 15.5 Å². The van der Waals surface area contributed by atoms with Crippen molar-refractivity contribution in [3.8, 4) is 0 Å². The van der Waals surface area contributed by atoms with Gasteiger partial charge in [0.2, 0.25) is 0 Å². The third-order valence-corrected chi connectivity index (χ3v) is 5.07. The molecule has 0 saturated carbocycles. The standard InChI is InChI=1S/C22H27N3O2/c1-16-10-11-19(22(27)25-12-6-7-17(15-25)14-23-2)13-20(16)24-21(26)18-8-4-3-5-9-18/h3-5,8-11,13,17,23H,6-7,12,14-15H2,1-2H3,(H,24,26). The smallest absolute Gasteiger partial charge is 0.255 e. The Morgan fingerprint density at radius 3 is 2.63 bits per heavy atom. The molecule has 2 amide bonds. The van der Waals surface area contributed by atoms with Crippen LogP contribution in [0.15, 0.2) is 48.5 Å². The van der Waals surface area contributed by atoms with Crippen LogP contribution >= 0.6 is 0 Å². The largest absolute Gasteiger partial charge is 0.338 e. The maximum absolute atomic E-state index is 13.0.